The number of nitrogens with zero attached hydrogens (tertiary/aromatic N) is 1. The number of benzene rings is 1. The second-order valence-electron chi connectivity index (χ2n) is 6.88. The van der Waals surface area contributed by atoms with E-state index in [0.717, 1.165) is 25.9 Å². The summed E-state index contributed by atoms with van der Waals surface area (Å²) in [5, 5.41) is 2.30. The first kappa shape index (κ1) is 17.6. The molecule has 2 amide bonds. The van der Waals surface area contributed by atoms with Crippen LogP contribution in [0, 0.1) is 0 Å². The number of Topliss-reactive ketones (excluding diaryl/α,β-unsaturated/α-hetero) is 1. The zero-order valence-corrected chi connectivity index (χ0v) is 14.5. The summed E-state index contributed by atoms with van der Waals surface area (Å²) in [6.07, 6.45) is 2.22. The Morgan fingerprint density at radius 3 is 2.44 bits per heavy atom. The van der Waals surface area contributed by atoms with Crippen LogP contribution < -0.4 is 10.1 Å². The summed E-state index contributed by atoms with van der Waals surface area (Å²) in [7, 11) is 0. The van der Waals surface area contributed by atoms with Crippen molar-refractivity contribution >= 4 is 17.6 Å². The van der Waals surface area contributed by atoms with E-state index in [4.69, 9.17) is 4.74 Å². The lowest BCUT2D eigenvalue weighted by Gasteiger charge is -2.31. The first-order valence-corrected chi connectivity index (χ1v) is 8.83. The number of likely N-dealkylation sites (tertiary alicyclic amines) is 1. The Kier molecular flexibility index (Phi) is 5.48. The van der Waals surface area contributed by atoms with Crippen LogP contribution in [0.5, 0.6) is 5.75 Å². The molecule has 2 saturated heterocycles. The van der Waals surface area contributed by atoms with E-state index in [1.807, 2.05) is 24.3 Å². The van der Waals surface area contributed by atoms with E-state index in [1.54, 1.807) is 6.92 Å². The Hall–Kier alpha value is -2.21. The summed E-state index contributed by atoms with van der Waals surface area (Å²) in [4.78, 5) is 36.3. The molecule has 2 heterocycles. The van der Waals surface area contributed by atoms with Crippen molar-refractivity contribution in [2.45, 2.75) is 44.6 Å². The van der Waals surface area contributed by atoms with E-state index in [-0.39, 0.29) is 17.6 Å². The van der Waals surface area contributed by atoms with Crippen LogP contribution in [0.1, 0.15) is 44.1 Å². The molecule has 1 aromatic carbocycles. The molecule has 1 unspecified atom stereocenters. The van der Waals surface area contributed by atoms with Crippen LogP contribution in [0.3, 0.4) is 0 Å². The van der Waals surface area contributed by atoms with Crippen molar-refractivity contribution in [3.63, 3.8) is 0 Å². The van der Waals surface area contributed by atoms with Gasteiger partial charge >= 0.3 is 0 Å². The third kappa shape index (κ3) is 4.66. The Morgan fingerprint density at radius 1 is 1.16 bits per heavy atom. The van der Waals surface area contributed by atoms with E-state index in [9.17, 15) is 14.4 Å². The first-order valence-electron chi connectivity index (χ1n) is 8.83. The number of amides is 2. The van der Waals surface area contributed by atoms with E-state index in [0.29, 0.717) is 31.1 Å². The molecule has 6 nitrogen and oxygen atoms in total. The maximum atomic E-state index is 11.7. The Balaban J connectivity index is 1.53. The summed E-state index contributed by atoms with van der Waals surface area (Å²) < 4.78 is 5.71. The van der Waals surface area contributed by atoms with Crippen molar-refractivity contribution in [1.82, 2.24) is 10.2 Å². The molecule has 0 aromatic heterocycles. The highest BCUT2D eigenvalue weighted by atomic mass is 16.5. The Bertz CT molecular complexity index is 648. The van der Waals surface area contributed by atoms with E-state index in [1.165, 1.54) is 5.56 Å². The van der Waals surface area contributed by atoms with Crippen molar-refractivity contribution < 1.29 is 19.1 Å². The van der Waals surface area contributed by atoms with Gasteiger partial charge in [-0.3, -0.25) is 24.6 Å². The molecule has 134 valence electrons. The van der Waals surface area contributed by atoms with Crippen LogP contribution in [-0.2, 0) is 14.4 Å². The monoisotopic (exact) mass is 344 g/mol. The molecule has 0 spiro atoms. The molecule has 0 aliphatic carbocycles. The van der Waals surface area contributed by atoms with Gasteiger partial charge in [0.05, 0.1) is 6.54 Å². The molecule has 0 saturated carbocycles. The van der Waals surface area contributed by atoms with Gasteiger partial charge in [-0.15, -0.1) is 0 Å². The van der Waals surface area contributed by atoms with Gasteiger partial charge in [0.2, 0.25) is 5.91 Å². The molecule has 0 bridgehead atoms. The van der Waals surface area contributed by atoms with Crippen molar-refractivity contribution in [3.8, 4) is 5.75 Å². The molecule has 2 aliphatic rings. The van der Waals surface area contributed by atoms with E-state index >= 15 is 0 Å². The van der Waals surface area contributed by atoms with Crippen molar-refractivity contribution in [2.24, 2.45) is 0 Å². The predicted octanol–water partition coefficient (Wildman–Crippen LogP) is 1.64. The van der Waals surface area contributed by atoms with Gasteiger partial charge in [-0.1, -0.05) is 12.1 Å². The first-order chi connectivity index (χ1) is 12.0. The van der Waals surface area contributed by atoms with Crippen molar-refractivity contribution in [1.29, 1.82) is 0 Å². The number of imide groups is 1. The highest BCUT2D eigenvalue weighted by molar-refractivity contribution is 5.99. The SMILES string of the molecule is CC(=O)CN1CCC(c2ccc(OC3CCC(=O)NC3=O)cc2)CC1. The predicted molar refractivity (Wildman–Crippen MR) is 92.3 cm³/mol. The summed E-state index contributed by atoms with van der Waals surface area (Å²) in [6, 6.07) is 7.88. The molecule has 6 heteroatoms. The standard InChI is InChI=1S/C19H24N2O4/c1-13(22)12-21-10-8-15(9-11-21)14-2-4-16(5-3-14)25-17-6-7-18(23)20-19(17)24/h2-5,15,17H,6-12H2,1H3,(H,20,23,24). The van der Waals surface area contributed by atoms with Gasteiger partial charge in [0, 0.05) is 12.8 Å². The van der Waals surface area contributed by atoms with E-state index < -0.39 is 6.10 Å². The normalized spacial score (nSPS) is 22.5. The van der Waals surface area contributed by atoms with Crippen LogP contribution >= 0.6 is 0 Å². The fraction of sp³-hybridized carbons (Fsp3) is 0.526. The smallest absolute Gasteiger partial charge is 0.267 e. The van der Waals surface area contributed by atoms with Crippen molar-refractivity contribution in [3.05, 3.63) is 29.8 Å². The van der Waals surface area contributed by atoms with Gasteiger partial charge < -0.3 is 4.74 Å². The van der Waals surface area contributed by atoms with Crippen LogP contribution in [0.15, 0.2) is 24.3 Å². The minimum absolute atomic E-state index is 0.216. The number of hydrogen-bond acceptors (Lipinski definition) is 5. The number of ketones is 1. The largest absolute Gasteiger partial charge is 0.481 e. The maximum absolute atomic E-state index is 11.7. The van der Waals surface area contributed by atoms with Gasteiger partial charge in [-0.05, 0) is 56.5 Å². The highest BCUT2D eigenvalue weighted by Gasteiger charge is 2.28. The molecular weight excluding hydrogens is 320 g/mol. The number of nitrogens with one attached hydrogen (secondary N) is 1. The topological polar surface area (TPSA) is 75.7 Å². The second kappa shape index (κ2) is 7.78. The lowest BCUT2D eigenvalue weighted by molar-refractivity contribution is -0.138. The fourth-order valence-corrected chi connectivity index (χ4v) is 3.51. The molecule has 1 atom stereocenters. The van der Waals surface area contributed by atoms with Crippen LogP contribution in [0.2, 0.25) is 0 Å². The van der Waals surface area contributed by atoms with Crippen LogP contribution in [0.4, 0.5) is 0 Å². The number of piperidine rings is 2. The van der Waals surface area contributed by atoms with Gasteiger partial charge in [0.15, 0.2) is 6.10 Å². The quantitative estimate of drug-likeness (QED) is 0.822. The minimum atomic E-state index is -0.599. The molecule has 2 fully saturated rings. The zero-order valence-electron chi connectivity index (χ0n) is 14.5. The summed E-state index contributed by atoms with van der Waals surface area (Å²) in [5.41, 5.74) is 1.26. The average molecular weight is 344 g/mol. The Morgan fingerprint density at radius 2 is 1.84 bits per heavy atom. The highest BCUT2D eigenvalue weighted by Crippen LogP contribution is 2.29. The lowest BCUT2D eigenvalue weighted by Crippen LogP contribution is -2.46. The van der Waals surface area contributed by atoms with Gasteiger partial charge in [-0.25, -0.2) is 0 Å². The van der Waals surface area contributed by atoms with Gasteiger partial charge in [-0.2, -0.15) is 0 Å². The lowest BCUT2D eigenvalue weighted by atomic mass is 9.89. The Labute approximate surface area is 147 Å². The van der Waals surface area contributed by atoms with Gasteiger partial charge in [0.25, 0.3) is 5.91 Å². The number of ether oxygens (including phenoxy) is 1. The average Bonchev–Trinajstić information content (AvgIpc) is 2.58. The summed E-state index contributed by atoms with van der Waals surface area (Å²) in [6.45, 7) is 4.07. The summed E-state index contributed by atoms with van der Waals surface area (Å²) in [5.74, 6) is 0.753. The number of carbonyl (C=O) groups is 3. The van der Waals surface area contributed by atoms with Gasteiger partial charge in [0.1, 0.15) is 11.5 Å². The van der Waals surface area contributed by atoms with Crippen LogP contribution in [0.25, 0.3) is 0 Å². The second-order valence-corrected chi connectivity index (χ2v) is 6.88. The number of hydrogen-bond donors (Lipinski definition) is 1. The molecule has 1 aromatic rings. The molecule has 2 aliphatic heterocycles. The minimum Gasteiger partial charge on any atom is -0.481 e. The molecule has 3 rings (SSSR count). The van der Waals surface area contributed by atoms with Crippen molar-refractivity contribution in [2.75, 3.05) is 19.6 Å². The maximum Gasteiger partial charge on any atom is 0.267 e. The van der Waals surface area contributed by atoms with E-state index in [2.05, 4.69) is 10.2 Å². The third-order valence-electron chi connectivity index (χ3n) is 4.85. The molecular formula is C19H24N2O4. The number of carbonyl (C=O) groups excluding carboxylic acids is 3. The fourth-order valence-electron chi connectivity index (χ4n) is 3.51. The summed E-state index contributed by atoms with van der Waals surface area (Å²) >= 11 is 0. The molecule has 1 N–H and O–H groups in total. The third-order valence-corrected chi connectivity index (χ3v) is 4.85. The number of rotatable bonds is 5. The molecule has 25 heavy (non-hydrogen) atoms. The van der Waals surface area contributed by atoms with Crippen LogP contribution in [-0.4, -0.2) is 48.2 Å². The molecule has 0 radical (unpaired) electrons. The zero-order chi connectivity index (χ0) is 17.8.